The highest BCUT2D eigenvalue weighted by Crippen LogP contribution is 2.25. The number of hydrogen-bond acceptors (Lipinski definition) is 3. The van der Waals surface area contributed by atoms with Crippen molar-refractivity contribution in [2.24, 2.45) is 7.05 Å². The van der Waals surface area contributed by atoms with Crippen LogP contribution in [0, 0.1) is 0 Å². The molecule has 88 valence electrons. The minimum absolute atomic E-state index is 0.0374. The van der Waals surface area contributed by atoms with Crippen molar-refractivity contribution in [1.82, 2.24) is 14.7 Å². The van der Waals surface area contributed by atoms with Crippen molar-refractivity contribution in [3.63, 3.8) is 0 Å². The number of aromatic nitrogens is 2. The molecule has 1 atom stereocenters. The molecule has 2 rings (SSSR count). The van der Waals surface area contributed by atoms with E-state index in [1.807, 2.05) is 0 Å². The average molecular weight is 290 g/mol. The van der Waals surface area contributed by atoms with Gasteiger partial charge in [-0.05, 0) is 22.4 Å². The molecule has 1 aromatic rings. The van der Waals surface area contributed by atoms with E-state index in [0.29, 0.717) is 18.9 Å². The molecule has 1 saturated heterocycles. The zero-order valence-corrected chi connectivity index (χ0v) is 10.3. The van der Waals surface area contributed by atoms with Gasteiger partial charge in [-0.2, -0.15) is 5.10 Å². The van der Waals surface area contributed by atoms with Crippen LogP contribution in [0.15, 0.2) is 10.8 Å². The van der Waals surface area contributed by atoms with E-state index in [1.165, 1.54) is 4.90 Å². The Balaban J connectivity index is 1.88. The van der Waals surface area contributed by atoms with Gasteiger partial charge in [-0.15, -0.1) is 0 Å². The molecule has 1 N–H and O–H groups in total. The number of aryl methyl sites for hydroxylation is 1. The first-order valence-electron chi connectivity index (χ1n) is 4.89. The van der Waals surface area contributed by atoms with Crippen molar-refractivity contribution in [1.29, 1.82) is 0 Å². The quantitative estimate of drug-likeness (QED) is 0.911. The van der Waals surface area contributed by atoms with Crippen LogP contribution in [-0.4, -0.2) is 45.1 Å². The number of carboxylic acid groups (broad SMARTS) is 1. The number of nitrogens with zero attached hydrogens (tertiary/aromatic N) is 3. The number of rotatable bonds is 3. The van der Waals surface area contributed by atoms with E-state index < -0.39 is 6.09 Å². The fourth-order valence-electron chi connectivity index (χ4n) is 1.55. The molecule has 0 spiro atoms. The summed E-state index contributed by atoms with van der Waals surface area (Å²) in [6.45, 7) is 0.966. The minimum atomic E-state index is -0.884. The maximum atomic E-state index is 10.7. The van der Waals surface area contributed by atoms with Gasteiger partial charge in [-0.25, -0.2) is 4.79 Å². The standard InChI is InChI=1S/C9H12BrN3O3/c1-12-8(10)7(4-11-12)16-5-6-2-3-13(6)9(14)15/h4,6H,2-3,5H2,1H3,(H,14,15). The van der Waals surface area contributed by atoms with Crippen LogP contribution < -0.4 is 4.74 Å². The number of carbonyl (C=O) groups is 1. The van der Waals surface area contributed by atoms with Crippen LogP contribution in [0.2, 0.25) is 0 Å². The van der Waals surface area contributed by atoms with Crippen LogP contribution in [-0.2, 0) is 7.05 Å². The van der Waals surface area contributed by atoms with Crippen molar-refractivity contribution in [2.75, 3.05) is 13.2 Å². The van der Waals surface area contributed by atoms with Crippen LogP contribution >= 0.6 is 15.9 Å². The Morgan fingerprint density at radius 2 is 2.56 bits per heavy atom. The Kier molecular flexibility index (Phi) is 3.04. The van der Waals surface area contributed by atoms with Gasteiger partial charge in [-0.3, -0.25) is 4.68 Å². The highest BCUT2D eigenvalue weighted by atomic mass is 79.9. The van der Waals surface area contributed by atoms with Gasteiger partial charge < -0.3 is 14.7 Å². The van der Waals surface area contributed by atoms with E-state index in [-0.39, 0.29) is 6.04 Å². The molecule has 16 heavy (non-hydrogen) atoms. The summed E-state index contributed by atoms with van der Waals surface area (Å²) in [5.41, 5.74) is 0. The Morgan fingerprint density at radius 3 is 3.00 bits per heavy atom. The zero-order valence-electron chi connectivity index (χ0n) is 8.76. The summed E-state index contributed by atoms with van der Waals surface area (Å²) in [6.07, 6.45) is 1.57. The van der Waals surface area contributed by atoms with Gasteiger partial charge in [0.05, 0.1) is 12.2 Å². The molecule has 1 unspecified atom stereocenters. The molecule has 0 aromatic carbocycles. The normalized spacial score (nSPS) is 19.4. The SMILES string of the molecule is Cn1ncc(OCC2CCN2C(=O)O)c1Br. The molecule has 0 bridgehead atoms. The number of halogens is 1. The minimum Gasteiger partial charge on any atom is -0.487 e. The van der Waals surface area contributed by atoms with Crippen molar-refractivity contribution in [2.45, 2.75) is 12.5 Å². The lowest BCUT2D eigenvalue weighted by Crippen LogP contribution is -2.53. The predicted octanol–water partition coefficient (Wildman–Crippen LogP) is 1.31. The Labute approximate surface area is 101 Å². The molecule has 1 aromatic heterocycles. The van der Waals surface area contributed by atoms with E-state index >= 15 is 0 Å². The summed E-state index contributed by atoms with van der Waals surface area (Å²) in [5.74, 6) is 0.639. The predicted molar refractivity (Wildman–Crippen MR) is 59.5 cm³/mol. The van der Waals surface area contributed by atoms with E-state index in [1.54, 1.807) is 17.9 Å². The zero-order chi connectivity index (χ0) is 11.7. The van der Waals surface area contributed by atoms with Crippen molar-refractivity contribution in [3.05, 3.63) is 10.8 Å². The second kappa shape index (κ2) is 4.32. The highest BCUT2D eigenvalue weighted by Gasteiger charge is 2.32. The van der Waals surface area contributed by atoms with Crippen LogP contribution in [0.3, 0.4) is 0 Å². The number of amides is 1. The number of hydrogen-bond donors (Lipinski definition) is 1. The summed E-state index contributed by atoms with van der Waals surface area (Å²) >= 11 is 3.33. The molecule has 1 aliphatic heterocycles. The second-order valence-electron chi connectivity index (χ2n) is 3.65. The van der Waals surface area contributed by atoms with E-state index in [4.69, 9.17) is 9.84 Å². The van der Waals surface area contributed by atoms with Crippen LogP contribution in [0.1, 0.15) is 6.42 Å². The lowest BCUT2D eigenvalue weighted by molar-refractivity contribution is 0.0497. The summed E-state index contributed by atoms with van der Waals surface area (Å²) in [7, 11) is 1.80. The molecule has 0 radical (unpaired) electrons. The second-order valence-corrected chi connectivity index (χ2v) is 4.40. The first-order valence-corrected chi connectivity index (χ1v) is 5.68. The maximum absolute atomic E-state index is 10.7. The first kappa shape index (κ1) is 11.3. The number of likely N-dealkylation sites (tertiary alicyclic amines) is 1. The Hall–Kier alpha value is -1.24. The Morgan fingerprint density at radius 1 is 1.81 bits per heavy atom. The molecule has 7 heteroatoms. The first-order chi connectivity index (χ1) is 7.59. The van der Waals surface area contributed by atoms with Crippen LogP contribution in [0.25, 0.3) is 0 Å². The van der Waals surface area contributed by atoms with Crippen LogP contribution in [0.5, 0.6) is 5.75 Å². The van der Waals surface area contributed by atoms with Crippen molar-refractivity contribution >= 4 is 22.0 Å². The molecule has 6 nitrogen and oxygen atoms in total. The summed E-state index contributed by atoms with van der Waals surface area (Å²) in [5, 5.41) is 12.8. The third-order valence-electron chi connectivity index (χ3n) is 2.66. The number of ether oxygens (including phenoxy) is 1. The van der Waals surface area contributed by atoms with E-state index in [2.05, 4.69) is 21.0 Å². The lowest BCUT2D eigenvalue weighted by atomic mass is 10.1. The fourth-order valence-corrected chi connectivity index (χ4v) is 1.86. The molecule has 0 saturated carbocycles. The van der Waals surface area contributed by atoms with Gasteiger partial charge in [0, 0.05) is 13.6 Å². The lowest BCUT2D eigenvalue weighted by Gasteiger charge is -2.38. The monoisotopic (exact) mass is 289 g/mol. The van der Waals surface area contributed by atoms with Gasteiger partial charge in [0.25, 0.3) is 0 Å². The third-order valence-corrected chi connectivity index (χ3v) is 3.56. The molecular formula is C9H12BrN3O3. The summed E-state index contributed by atoms with van der Waals surface area (Å²) < 4.78 is 7.91. The van der Waals surface area contributed by atoms with Gasteiger partial charge in [-0.1, -0.05) is 0 Å². The Bertz CT molecular complexity index is 407. The fraction of sp³-hybridized carbons (Fsp3) is 0.556. The van der Waals surface area contributed by atoms with Gasteiger partial charge in [0.1, 0.15) is 11.2 Å². The molecule has 0 aliphatic carbocycles. The van der Waals surface area contributed by atoms with E-state index in [0.717, 1.165) is 11.0 Å². The smallest absolute Gasteiger partial charge is 0.407 e. The average Bonchev–Trinajstić information content (AvgIpc) is 2.47. The van der Waals surface area contributed by atoms with Crippen molar-refractivity contribution < 1.29 is 14.6 Å². The largest absolute Gasteiger partial charge is 0.487 e. The van der Waals surface area contributed by atoms with Gasteiger partial charge >= 0.3 is 6.09 Å². The van der Waals surface area contributed by atoms with Crippen molar-refractivity contribution in [3.8, 4) is 5.75 Å². The molecular weight excluding hydrogens is 278 g/mol. The molecule has 1 fully saturated rings. The maximum Gasteiger partial charge on any atom is 0.407 e. The molecule has 1 aliphatic rings. The van der Waals surface area contributed by atoms with Gasteiger partial charge in [0.2, 0.25) is 0 Å². The summed E-state index contributed by atoms with van der Waals surface area (Å²) in [4.78, 5) is 12.1. The molecule has 1 amide bonds. The van der Waals surface area contributed by atoms with Gasteiger partial charge in [0.15, 0.2) is 5.75 Å². The highest BCUT2D eigenvalue weighted by molar-refractivity contribution is 9.10. The van der Waals surface area contributed by atoms with Crippen LogP contribution in [0.4, 0.5) is 4.79 Å². The topological polar surface area (TPSA) is 67.6 Å². The summed E-state index contributed by atoms with van der Waals surface area (Å²) in [6, 6.07) is -0.0374. The third kappa shape index (κ3) is 1.99. The van der Waals surface area contributed by atoms with E-state index in [9.17, 15) is 4.79 Å². The molecule has 2 heterocycles.